The highest BCUT2D eigenvalue weighted by molar-refractivity contribution is 7.89. The van der Waals surface area contributed by atoms with E-state index in [0.717, 1.165) is 37.5 Å². The lowest BCUT2D eigenvalue weighted by atomic mass is 9.86. The molecule has 0 spiro atoms. The molecule has 0 aliphatic carbocycles. The average Bonchev–Trinajstić information content (AvgIpc) is 2.38. The van der Waals surface area contributed by atoms with Crippen LogP contribution >= 0.6 is 0 Å². The predicted molar refractivity (Wildman–Crippen MR) is 82.0 cm³/mol. The Morgan fingerprint density at radius 1 is 1.25 bits per heavy atom. The maximum absolute atomic E-state index is 11.4. The van der Waals surface area contributed by atoms with Gasteiger partial charge < -0.3 is 10.6 Å². The zero-order valence-corrected chi connectivity index (χ0v) is 12.9. The third kappa shape index (κ3) is 3.24. The monoisotopic (exact) mass is 297 g/mol. The Morgan fingerprint density at radius 2 is 1.85 bits per heavy atom. The van der Waals surface area contributed by atoms with E-state index in [2.05, 4.69) is 18.7 Å². The highest BCUT2D eigenvalue weighted by Crippen LogP contribution is 2.32. The van der Waals surface area contributed by atoms with Crippen LogP contribution in [0.5, 0.6) is 0 Å². The molecular weight excluding hydrogens is 274 g/mol. The van der Waals surface area contributed by atoms with E-state index in [1.807, 2.05) is 0 Å². The minimum atomic E-state index is -3.69. The second kappa shape index (κ2) is 5.61. The van der Waals surface area contributed by atoms with Crippen LogP contribution in [0.4, 0.5) is 11.4 Å². The smallest absolute Gasteiger partial charge is 0.238 e. The lowest BCUT2D eigenvalue weighted by Crippen LogP contribution is -2.35. The third-order valence-corrected chi connectivity index (χ3v) is 5.06. The number of rotatable bonds is 3. The molecule has 1 heterocycles. The molecule has 1 aliphatic rings. The first-order chi connectivity index (χ1) is 9.29. The van der Waals surface area contributed by atoms with Crippen molar-refractivity contribution in [2.75, 3.05) is 23.7 Å². The molecule has 6 heteroatoms. The van der Waals surface area contributed by atoms with Gasteiger partial charge in [-0.05, 0) is 42.9 Å². The molecule has 0 aromatic heterocycles. The van der Waals surface area contributed by atoms with E-state index in [1.165, 1.54) is 6.07 Å². The van der Waals surface area contributed by atoms with Crippen LogP contribution in [-0.4, -0.2) is 21.5 Å². The van der Waals surface area contributed by atoms with Gasteiger partial charge in [0.25, 0.3) is 0 Å². The van der Waals surface area contributed by atoms with Crippen molar-refractivity contribution in [3.05, 3.63) is 18.2 Å². The summed E-state index contributed by atoms with van der Waals surface area (Å²) in [7, 11) is -3.69. The van der Waals surface area contributed by atoms with Crippen LogP contribution < -0.4 is 15.8 Å². The molecule has 0 amide bonds. The quantitative estimate of drug-likeness (QED) is 0.832. The first kappa shape index (κ1) is 15.1. The van der Waals surface area contributed by atoms with Crippen molar-refractivity contribution >= 4 is 21.4 Å². The van der Waals surface area contributed by atoms with Crippen LogP contribution in [0.2, 0.25) is 0 Å². The van der Waals surface area contributed by atoms with Gasteiger partial charge >= 0.3 is 0 Å². The molecule has 1 fully saturated rings. The van der Waals surface area contributed by atoms with Gasteiger partial charge in [0.2, 0.25) is 10.0 Å². The van der Waals surface area contributed by atoms with Gasteiger partial charge in [0.15, 0.2) is 0 Å². The molecule has 0 atom stereocenters. The van der Waals surface area contributed by atoms with Gasteiger partial charge in [-0.15, -0.1) is 0 Å². The van der Waals surface area contributed by atoms with Crippen LogP contribution in [0.15, 0.2) is 23.1 Å². The van der Waals surface area contributed by atoms with Gasteiger partial charge in [-0.3, -0.25) is 0 Å². The number of nitrogens with zero attached hydrogens (tertiary/aromatic N) is 1. The topological polar surface area (TPSA) is 89.4 Å². The van der Waals surface area contributed by atoms with E-state index in [0.29, 0.717) is 11.6 Å². The van der Waals surface area contributed by atoms with Crippen molar-refractivity contribution in [3.8, 4) is 0 Å². The number of nitrogens with two attached hydrogens (primary N) is 2. The number of hydrogen-bond acceptors (Lipinski definition) is 4. The van der Waals surface area contributed by atoms with Crippen LogP contribution in [0.1, 0.15) is 26.7 Å². The Bertz CT molecular complexity index is 576. The highest BCUT2D eigenvalue weighted by Gasteiger charge is 2.23. The molecule has 1 saturated heterocycles. The Kier molecular flexibility index (Phi) is 4.25. The molecule has 112 valence electrons. The summed E-state index contributed by atoms with van der Waals surface area (Å²) in [5.74, 6) is 1.42. The molecular formula is C14H23N3O2S. The number of benzene rings is 1. The van der Waals surface area contributed by atoms with E-state index in [4.69, 9.17) is 10.9 Å². The summed E-state index contributed by atoms with van der Waals surface area (Å²) in [5.41, 5.74) is 7.35. The summed E-state index contributed by atoms with van der Waals surface area (Å²) in [6, 6.07) is 4.65. The van der Waals surface area contributed by atoms with Gasteiger partial charge in [0, 0.05) is 13.1 Å². The van der Waals surface area contributed by atoms with E-state index >= 15 is 0 Å². The second-order valence-electron chi connectivity index (χ2n) is 5.83. The van der Waals surface area contributed by atoms with Gasteiger partial charge in [-0.1, -0.05) is 13.8 Å². The SMILES string of the molecule is CC(C)C1CCN(c2cc(S(N)(=O)=O)ccc2N)CC1. The fourth-order valence-electron chi connectivity index (χ4n) is 2.78. The summed E-state index contributed by atoms with van der Waals surface area (Å²) in [5, 5.41) is 5.18. The Hall–Kier alpha value is -1.27. The lowest BCUT2D eigenvalue weighted by molar-refractivity contribution is 0.311. The van der Waals surface area contributed by atoms with Crippen molar-refractivity contribution in [1.82, 2.24) is 0 Å². The van der Waals surface area contributed by atoms with Crippen molar-refractivity contribution in [2.24, 2.45) is 17.0 Å². The number of sulfonamides is 1. The van der Waals surface area contributed by atoms with Crippen molar-refractivity contribution in [1.29, 1.82) is 0 Å². The summed E-state index contributed by atoms with van der Waals surface area (Å²) in [6.45, 7) is 6.30. The highest BCUT2D eigenvalue weighted by atomic mass is 32.2. The van der Waals surface area contributed by atoms with Crippen LogP contribution in [0, 0.1) is 11.8 Å². The van der Waals surface area contributed by atoms with E-state index in [-0.39, 0.29) is 4.90 Å². The van der Waals surface area contributed by atoms with Crippen molar-refractivity contribution in [2.45, 2.75) is 31.6 Å². The lowest BCUT2D eigenvalue weighted by Gasteiger charge is -2.36. The third-order valence-electron chi connectivity index (χ3n) is 4.15. The average molecular weight is 297 g/mol. The molecule has 20 heavy (non-hydrogen) atoms. The summed E-state index contributed by atoms with van der Waals surface area (Å²) < 4.78 is 22.9. The Balaban J connectivity index is 2.22. The minimum absolute atomic E-state index is 0.118. The molecule has 0 radical (unpaired) electrons. The van der Waals surface area contributed by atoms with Gasteiger partial charge in [-0.2, -0.15) is 0 Å². The van der Waals surface area contributed by atoms with E-state index in [9.17, 15) is 8.42 Å². The normalized spacial score (nSPS) is 17.7. The Morgan fingerprint density at radius 3 is 2.35 bits per heavy atom. The van der Waals surface area contributed by atoms with E-state index < -0.39 is 10.0 Å². The maximum atomic E-state index is 11.4. The van der Waals surface area contributed by atoms with Crippen LogP contribution in [-0.2, 0) is 10.0 Å². The first-order valence-corrected chi connectivity index (χ1v) is 8.51. The number of anilines is 2. The van der Waals surface area contributed by atoms with Gasteiger partial charge in [0.1, 0.15) is 0 Å². The molecule has 1 aromatic rings. The van der Waals surface area contributed by atoms with Crippen molar-refractivity contribution in [3.63, 3.8) is 0 Å². The summed E-state index contributed by atoms with van der Waals surface area (Å²) >= 11 is 0. The fraction of sp³-hybridized carbons (Fsp3) is 0.571. The zero-order chi connectivity index (χ0) is 14.9. The van der Waals surface area contributed by atoms with Gasteiger partial charge in [-0.25, -0.2) is 13.6 Å². The molecule has 0 saturated carbocycles. The molecule has 2 rings (SSSR count). The predicted octanol–water partition coefficient (Wildman–Crippen LogP) is 1.79. The molecule has 0 bridgehead atoms. The number of primary sulfonamides is 1. The van der Waals surface area contributed by atoms with Crippen LogP contribution in [0.25, 0.3) is 0 Å². The molecule has 1 aliphatic heterocycles. The summed E-state index contributed by atoms with van der Waals surface area (Å²) in [6.07, 6.45) is 2.22. The molecule has 4 N–H and O–H groups in total. The van der Waals surface area contributed by atoms with Crippen LogP contribution in [0.3, 0.4) is 0 Å². The largest absolute Gasteiger partial charge is 0.397 e. The van der Waals surface area contributed by atoms with E-state index in [1.54, 1.807) is 12.1 Å². The Labute approximate surface area is 121 Å². The van der Waals surface area contributed by atoms with Crippen molar-refractivity contribution < 1.29 is 8.42 Å². The second-order valence-corrected chi connectivity index (χ2v) is 7.40. The minimum Gasteiger partial charge on any atom is -0.397 e. The summed E-state index contributed by atoms with van der Waals surface area (Å²) in [4.78, 5) is 2.27. The molecule has 5 nitrogen and oxygen atoms in total. The molecule has 0 unspecified atom stereocenters. The fourth-order valence-corrected chi connectivity index (χ4v) is 3.31. The first-order valence-electron chi connectivity index (χ1n) is 6.96. The molecule has 1 aromatic carbocycles. The standard InChI is InChI=1S/C14H23N3O2S/c1-10(2)11-5-7-17(8-6-11)14-9-12(20(16,18)19)3-4-13(14)15/h3-4,9-11H,5-8,15H2,1-2H3,(H2,16,18,19). The zero-order valence-electron chi connectivity index (χ0n) is 12.0. The van der Waals surface area contributed by atoms with Gasteiger partial charge in [0.05, 0.1) is 16.3 Å². The number of piperidine rings is 1. The number of hydrogen-bond donors (Lipinski definition) is 2. The maximum Gasteiger partial charge on any atom is 0.238 e. The number of nitrogen functional groups attached to an aromatic ring is 1.